The zero-order valence-electron chi connectivity index (χ0n) is 8.84. The van der Waals surface area contributed by atoms with Gasteiger partial charge in [0.15, 0.2) is 0 Å². The highest BCUT2D eigenvalue weighted by Gasteiger charge is 2.08. The first-order valence-electron chi connectivity index (χ1n) is 5.17. The van der Waals surface area contributed by atoms with Crippen LogP contribution in [0.2, 0.25) is 0 Å². The Morgan fingerprint density at radius 1 is 1.12 bits per heavy atom. The van der Waals surface area contributed by atoms with Gasteiger partial charge in [-0.2, -0.15) is 5.10 Å². The van der Waals surface area contributed by atoms with Crippen molar-refractivity contribution < 1.29 is 9.50 Å². The number of benzene rings is 2. The van der Waals surface area contributed by atoms with Gasteiger partial charge in [0.25, 0.3) is 0 Å². The fourth-order valence-corrected chi connectivity index (χ4v) is 1.82. The highest BCUT2D eigenvalue weighted by atomic mass is 19.1. The highest BCUT2D eigenvalue weighted by Crippen LogP contribution is 2.23. The normalized spacial score (nSPS) is 10.9. The van der Waals surface area contributed by atoms with Gasteiger partial charge in [-0.25, -0.2) is 9.07 Å². The van der Waals surface area contributed by atoms with Crippen LogP contribution in [-0.4, -0.2) is 14.9 Å². The Bertz CT molecular complexity index is 691. The Hall–Kier alpha value is -2.36. The number of halogens is 1. The molecule has 3 nitrogen and oxygen atoms in total. The summed E-state index contributed by atoms with van der Waals surface area (Å²) in [4.78, 5) is 0. The molecule has 1 aromatic heterocycles. The molecule has 0 saturated heterocycles. The number of phenols is 1. The molecule has 0 unspecified atom stereocenters. The van der Waals surface area contributed by atoms with E-state index in [1.165, 1.54) is 10.7 Å². The monoisotopic (exact) mass is 228 g/mol. The van der Waals surface area contributed by atoms with Crippen LogP contribution in [0, 0.1) is 5.82 Å². The number of fused-ring (bicyclic) bond motifs is 1. The zero-order chi connectivity index (χ0) is 11.8. The molecule has 0 aliphatic carbocycles. The van der Waals surface area contributed by atoms with Crippen LogP contribution in [0.4, 0.5) is 4.39 Å². The van der Waals surface area contributed by atoms with E-state index in [-0.39, 0.29) is 11.6 Å². The van der Waals surface area contributed by atoms with Crippen molar-refractivity contribution in [2.45, 2.75) is 0 Å². The molecule has 0 spiro atoms. The van der Waals surface area contributed by atoms with Gasteiger partial charge in [0.05, 0.1) is 11.7 Å². The second-order valence-electron chi connectivity index (χ2n) is 3.75. The summed E-state index contributed by atoms with van der Waals surface area (Å²) in [5, 5.41) is 14.4. The summed E-state index contributed by atoms with van der Waals surface area (Å²) in [6.07, 6.45) is 1.64. The van der Waals surface area contributed by atoms with Gasteiger partial charge in [0, 0.05) is 11.5 Å². The largest absolute Gasteiger partial charge is 0.508 e. The van der Waals surface area contributed by atoms with E-state index in [9.17, 15) is 9.50 Å². The van der Waals surface area contributed by atoms with E-state index in [0.29, 0.717) is 11.2 Å². The number of rotatable bonds is 1. The number of aromatic nitrogens is 2. The first kappa shape index (κ1) is 9.84. The van der Waals surface area contributed by atoms with Crippen LogP contribution >= 0.6 is 0 Å². The maximum absolute atomic E-state index is 13.7. The van der Waals surface area contributed by atoms with Crippen molar-refractivity contribution >= 4 is 10.9 Å². The molecule has 3 aromatic rings. The van der Waals surface area contributed by atoms with Gasteiger partial charge in [-0.05, 0) is 24.3 Å². The lowest BCUT2D eigenvalue weighted by Gasteiger charge is -2.04. The van der Waals surface area contributed by atoms with Crippen LogP contribution < -0.4 is 0 Å². The van der Waals surface area contributed by atoms with Crippen molar-refractivity contribution in [1.82, 2.24) is 9.78 Å². The smallest absolute Gasteiger partial charge is 0.148 e. The van der Waals surface area contributed by atoms with Crippen molar-refractivity contribution in [2.24, 2.45) is 0 Å². The summed E-state index contributed by atoms with van der Waals surface area (Å²) in [7, 11) is 0. The van der Waals surface area contributed by atoms with Crippen molar-refractivity contribution in [1.29, 1.82) is 0 Å². The third kappa shape index (κ3) is 1.54. The number of aromatic hydroxyl groups is 1. The van der Waals surface area contributed by atoms with E-state index in [2.05, 4.69) is 5.10 Å². The molecule has 1 heterocycles. The molecule has 0 saturated carbocycles. The zero-order valence-corrected chi connectivity index (χ0v) is 8.84. The molecule has 0 aliphatic heterocycles. The maximum Gasteiger partial charge on any atom is 0.148 e. The van der Waals surface area contributed by atoms with Crippen molar-refractivity contribution in [3.63, 3.8) is 0 Å². The minimum atomic E-state index is -0.346. The Morgan fingerprint density at radius 3 is 2.76 bits per heavy atom. The first-order valence-corrected chi connectivity index (χ1v) is 5.17. The van der Waals surface area contributed by atoms with E-state index in [4.69, 9.17) is 0 Å². The average molecular weight is 228 g/mol. The summed E-state index contributed by atoms with van der Waals surface area (Å²) in [5.74, 6) is -0.212. The second-order valence-corrected chi connectivity index (χ2v) is 3.75. The van der Waals surface area contributed by atoms with Crippen molar-refractivity contribution in [3.05, 3.63) is 54.5 Å². The Labute approximate surface area is 96.7 Å². The van der Waals surface area contributed by atoms with E-state index in [1.54, 1.807) is 42.6 Å². The lowest BCUT2D eigenvalue weighted by Crippen LogP contribution is -1.98. The van der Waals surface area contributed by atoms with Gasteiger partial charge in [-0.1, -0.05) is 12.1 Å². The lowest BCUT2D eigenvalue weighted by atomic mass is 10.2. The Kier molecular flexibility index (Phi) is 2.08. The summed E-state index contributed by atoms with van der Waals surface area (Å²) in [5.41, 5.74) is 1.04. The number of hydrogen-bond donors (Lipinski definition) is 1. The molecule has 2 aromatic carbocycles. The Morgan fingerprint density at radius 2 is 1.94 bits per heavy atom. The molecule has 0 bridgehead atoms. The van der Waals surface area contributed by atoms with Crippen LogP contribution in [-0.2, 0) is 0 Å². The van der Waals surface area contributed by atoms with Gasteiger partial charge in [0.1, 0.15) is 17.3 Å². The molecular formula is C13H9FN2O. The Balaban J connectivity index is 2.31. The molecular weight excluding hydrogens is 219 g/mol. The van der Waals surface area contributed by atoms with Crippen molar-refractivity contribution in [2.75, 3.05) is 0 Å². The van der Waals surface area contributed by atoms with Gasteiger partial charge in [0.2, 0.25) is 0 Å². The number of phenolic OH excluding ortho intramolecular Hbond substituents is 1. The molecule has 3 rings (SSSR count). The SMILES string of the molecule is Oc1ccc2cnn(-c3ccccc3F)c2c1. The summed E-state index contributed by atoms with van der Waals surface area (Å²) >= 11 is 0. The molecule has 0 amide bonds. The predicted octanol–water partition coefficient (Wildman–Crippen LogP) is 2.87. The van der Waals surface area contributed by atoms with Crippen molar-refractivity contribution in [3.8, 4) is 11.4 Å². The number of nitrogens with zero attached hydrogens (tertiary/aromatic N) is 2. The quantitative estimate of drug-likeness (QED) is 0.695. The summed E-state index contributed by atoms with van der Waals surface area (Å²) in [6, 6.07) is 11.3. The fourth-order valence-electron chi connectivity index (χ4n) is 1.82. The first-order chi connectivity index (χ1) is 8.25. The van der Waals surface area contributed by atoms with E-state index in [1.807, 2.05) is 0 Å². The van der Waals surface area contributed by atoms with Gasteiger partial charge >= 0.3 is 0 Å². The third-order valence-electron chi connectivity index (χ3n) is 2.64. The van der Waals surface area contributed by atoms with Gasteiger partial charge in [-0.3, -0.25) is 0 Å². The van der Waals surface area contributed by atoms with Crippen LogP contribution in [0.25, 0.3) is 16.6 Å². The summed E-state index contributed by atoms with van der Waals surface area (Å²) < 4.78 is 15.1. The standard InChI is InChI=1S/C13H9FN2O/c14-11-3-1-2-4-12(11)16-13-7-10(17)6-5-9(13)8-15-16/h1-8,17H. The fraction of sp³-hybridized carbons (Fsp3) is 0. The van der Waals surface area contributed by atoms with E-state index in [0.717, 1.165) is 5.39 Å². The lowest BCUT2D eigenvalue weighted by molar-refractivity contribution is 0.476. The molecule has 0 aliphatic rings. The minimum absolute atomic E-state index is 0.135. The predicted molar refractivity (Wildman–Crippen MR) is 62.7 cm³/mol. The van der Waals surface area contributed by atoms with Crippen LogP contribution in [0.3, 0.4) is 0 Å². The third-order valence-corrected chi connectivity index (χ3v) is 2.64. The summed E-state index contributed by atoms with van der Waals surface area (Å²) in [6.45, 7) is 0. The average Bonchev–Trinajstić information content (AvgIpc) is 2.72. The maximum atomic E-state index is 13.7. The number of hydrogen-bond acceptors (Lipinski definition) is 2. The molecule has 4 heteroatoms. The molecule has 0 radical (unpaired) electrons. The van der Waals surface area contributed by atoms with Gasteiger partial charge < -0.3 is 5.11 Å². The van der Waals surface area contributed by atoms with Crippen LogP contribution in [0.5, 0.6) is 5.75 Å². The molecule has 1 N–H and O–H groups in total. The van der Waals surface area contributed by atoms with Crippen LogP contribution in [0.15, 0.2) is 48.7 Å². The molecule has 0 fully saturated rings. The molecule has 0 atom stereocenters. The second kappa shape index (κ2) is 3.59. The molecule has 17 heavy (non-hydrogen) atoms. The van der Waals surface area contributed by atoms with E-state index < -0.39 is 0 Å². The number of para-hydroxylation sites is 1. The minimum Gasteiger partial charge on any atom is -0.508 e. The van der Waals surface area contributed by atoms with E-state index >= 15 is 0 Å². The van der Waals surface area contributed by atoms with Gasteiger partial charge in [-0.15, -0.1) is 0 Å². The topological polar surface area (TPSA) is 38.1 Å². The van der Waals surface area contributed by atoms with Crippen LogP contribution in [0.1, 0.15) is 0 Å². The molecule has 84 valence electrons. The highest BCUT2D eigenvalue weighted by molar-refractivity contribution is 5.81.